The molecule has 0 heterocycles. The number of rotatable bonds is 52. The second-order valence-electron chi connectivity index (χ2n) is 19.3. The first-order chi connectivity index (χ1) is 32.2. The number of amides is 1. The number of carbonyl (C=O) groups excluding carboxylic acids is 1. The summed E-state index contributed by atoms with van der Waals surface area (Å²) in [5.74, 6) is -0.0710. The molecular weight excluding hydrogens is 795 g/mol. The van der Waals surface area contributed by atoms with Gasteiger partial charge in [0.15, 0.2) is 0 Å². The van der Waals surface area contributed by atoms with Crippen molar-refractivity contribution < 1.29 is 15.0 Å². The molecule has 4 nitrogen and oxygen atoms in total. The molecule has 0 aliphatic rings. The summed E-state index contributed by atoms with van der Waals surface area (Å²) in [5, 5.41) is 23.1. The van der Waals surface area contributed by atoms with E-state index in [1.807, 2.05) is 6.08 Å². The van der Waals surface area contributed by atoms with Crippen molar-refractivity contribution in [1.29, 1.82) is 0 Å². The van der Waals surface area contributed by atoms with Gasteiger partial charge in [0, 0.05) is 6.42 Å². The quantitative estimate of drug-likeness (QED) is 0.0421. The number of nitrogens with one attached hydrogen (secondary N) is 1. The molecule has 2 unspecified atom stereocenters. The normalized spacial score (nSPS) is 13.4. The zero-order valence-corrected chi connectivity index (χ0v) is 43.5. The van der Waals surface area contributed by atoms with Gasteiger partial charge in [-0.25, -0.2) is 0 Å². The van der Waals surface area contributed by atoms with Gasteiger partial charge in [0.05, 0.1) is 18.8 Å². The molecule has 0 aromatic carbocycles. The van der Waals surface area contributed by atoms with E-state index in [2.05, 4.69) is 79.9 Å². The van der Waals surface area contributed by atoms with Crippen molar-refractivity contribution in [3.8, 4) is 0 Å². The van der Waals surface area contributed by atoms with Crippen LogP contribution in [0.1, 0.15) is 290 Å². The smallest absolute Gasteiger partial charge is 0.220 e. The fourth-order valence-corrected chi connectivity index (χ4v) is 8.60. The zero-order valence-electron chi connectivity index (χ0n) is 43.5. The van der Waals surface area contributed by atoms with E-state index < -0.39 is 12.1 Å². The molecule has 0 aromatic heterocycles. The van der Waals surface area contributed by atoms with Crippen LogP contribution >= 0.6 is 0 Å². The molecule has 0 saturated heterocycles. The summed E-state index contributed by atoms with van der Waals surface area (Å²) < 4.78 is 0. The summed E-state index contributed by atoms with van der Waals surface area (Å²) in [6.07, 6.45) is 80.7. The van der Waals surface area contributed by atoms with Crippen LogP contribution in [0.2, 0.25) is 0 Å². The predicted molar refractivity (Wildman–Crippen MR) is 290 cm³/mol. The Balaban J connectivity index is 3.49. The summed E-state index contributed by atoms with van der Waals surface area (Å²) >= 11 is 0. The lowest BCUT2D eigenvalue weighted by atomic mass is 10.0. The molecular formula is C61H111NO3. The number of aliphatic hydroxyl groups excluding tert-OH is 2. The van der Waals surface area contributed by atoms with E-state index >= 15 is 0 Å². The first-order valence-corrected chi connectivity index (χ1v) is 28.7. The van der Waals surface area contributed by atoms with Gasteiger partial charge in [-0.3, -0.25) is 4.79 Å². The second kappa shape index (κ2) is 56.2. The van der Waals surface area contributed by atoms with Crippen LogP contribution in [0.3, 0.4) is 0 Å². The van der Waals surface area contributed by atoms with Crippen LogP contribution in [0.25, 0.3) is 0 Å². The van der Waals surface area contributed by atoms with Crippen LogP contribution in [0, 0.1) is 0 Å². The van der Waals surface area contributed by atoms with Crippen molar-refractivity contribution in [3.05, 3.63) is 72.9 Å². The van der Waals surface area contributed by atoms with Gasteiger partial charge >= 0.3 is 0 Å². The third-order valence-electron chi connectivity index (χ3n) is 12.9. The molecule has 1 amide bonds. The second-order valence-corrected chi connectivity index (χ2v) is 19.3. The maximum absolute atomic E-state index is 12.5. The van der Waals surface area contributed by atoms with Gasteiger partial charge in [-0.05, 0) is 70.6 Å². The average Bonchev–Trinajstić information content (AvgIpc) is 3.31. The number of aliphatic hydroxyl groups is 2. The van der Waals surface area contributed by atoms with Gasteiger partial charge in [-0.1, -0.05) is 286 Å². The maximum atomic E-state index is 12.5. The van der Waals surface area contributed by atoms with Crippen molar-refractivity contribution >= 4 is 5.91 Å². The monoisotopic (exact) mass is 906 g/mol. The van der Waals surface area contributed by atoms with Gasteiger partial charge in [0.1, 0.15) is 0 Å². The summed E-state index contributed by atoms with van der Waals surface area (Å²) in [6.45, 7) is 4.20. The van der Waals surface area contributed by atoms with Crippen LogP contribution in [-0.2, 0) is 4.79 Å². The predicted octanol–water partition coefficient (Wildman–Crippen LogP) is 19.0. The van der Waals surface area contributed by atoms with E-state index in [4.69, 9.17) is 0 Å². The first kappa shape index (κ1) is 62.8. The Morgan fingerprint density at radius 1 is 0.385 bits per heavy atom. The van der Waals surface area contributed by atoms with Crippen molar-refractivity contribution in [3.63, 3.8) is 0 Å². The Kier molecular flexibility index (Phi) is 54.3. The Bertz CT molecular complexity index is 1120. The molecule has 0 aromatic rings. The molecule has 4 heteroatoms. The Labute approximate surface area is 406 Å². The van der Waals surface area contributed by atoms with Gasteiger partial charge in [0.25, 0.3) is 0 Å². The standard InChI is InChI=1S/C61H111NO3/c1-3-5-7-9-11-13-15-17-19-21-23-25-26-27-28-29-30-31-32-33-34-35-36-37-39-41-43-45-47-49-51-53-55-57-61(65)62-59(58-63)60(64)56-54-52-50-48-46-44-42-40-38-24-22-20-18-16-14-12-10-8-6-4-2/h5,7,11,13,17,19,23,25,46,48,54,56,59-60,63-64H,3-4,6,8-10,12,14-16,18,20-22,24,26-45,47,49-53,55,57-58H2,1-2H3,(H,62,65)/b7-5-,13-11-,19-17-,25-23-,48-46+,56-54+. The minimum atomic E-state index is -0.864. The van der Waals surface area contributed by atoms with Gasteiger partial charge in [-0.2, -0.15) is 0 Å². The molecule has 3 N–H and O–H groups in total. The fraction of sp³-hybridized carbons (Fsp3) is 0.787. The molecule has 0 bridgehead atoms. The minimum absolute atomic E-state index is 0.0710. The van der Waals surface area contributed by atoms with E-state index in [0.29, 0.717) is 6.42 Å². The highest BCUT2D eigenvalue weighted by Gasteiger charge is 2.18. The fourth-order valence-electron chi connectivity index (χ4n) is 8.60. The SMILES string of the molecule is CC/C=C\C/C=C\C/C=C\C/C=C\CCCCCCCCCCCCCCCCCCCCCCC(=O)NC(CO)C(O)/C=C/CC/C=C/CCCCCCCCCCCCCCCC. The van der Waals surface area contributed by atoms with E-state index in [1.54, 1.807) is 6.08 Å². The lowest BCUT2D eigenvalue weighted by molar-refractivity contribution is -0.123. The van der Waals surface area contributed by atoms with Crippen molar-refractivity contribution in [2.24, 2.45) is 0 Å². The zero-order chi connectivity index (χ0) is 47.0. The average molecular weight is 907 g/mol. The Morgan fingerprint density at radius 3 is 1.08 bits per heavy atom. The Hall–Kier alpha value is -2.17. The van der Waals surface area contributed by atoms with Crippen molar-refractivity contribution in [2.45, 2.75) is 302 Å². The molecule has 2 atom stereocenters. The molecule has 0 saturated carbocycles. The third-order valence-corrected chi connectivity index (χ3v) is 12.9. The number of allylic oxidation sites excluding steroid dienone is 11. The summed E-state index contributed by atoms with van der Waals surface area (Å²) in [7, 11) is 0. The van der Waals surface area contributed by atoms with E-state index in [-0.39, 0.29) is 12.5 Å². The number of hydrogen-bond donors (Lipinski definition) is 3. The van der Waals surface area contributed by atoms with Gasteiger partial charge in [0.2, 0.25) is 5.91 Å². The minimum Gasteiger partial charge on any atom is -0.394 e. The molecule has 0 rings (SSSR count). The molecule has 65 heavy (non-hydrogen) atoms. The largest absolute Gasteiger partial charge is 0.394 e. The summed E-state index contributed by atoms with van der Waals surface area (Å²) in [4.78, 5) is 12.5. The van der Waals surface area contributed by atoms with Crippen LogP contribution in [0.5, 0.6) is 0 Å². The van der Waals surface area contributed by atoms with Crippen LogP contribution < -0.4 is 5.32 Å². The van der Waals surface area contributed by atoms with E-state index in [9.17, 15) is 15.0 Å². The van der Waals surface area contributed by atoms with Crippen LogP contribution in [0.15, 0.2) is 72.9 Å². The van der Waals surface area contributed by atoms with Gasteiger partial charge < -0.3 is 15.5 Å². The summed E-state index contributed by atoms with van der Waals surface area (Å²) in [6, 6.07) is -0.641. The van der Waals surface area contributed by atoms with Crippen molar-refractivity contribution in [2.75, 3.05) is 6.61 Å². The van der Waals surface area contributed by atoms with Crippen LogP contribution in [-0.4, -0.2) is 34.9 Å². The molecule has 0 aliphatic carbocycles. The maximum Gasteiger partial charge on any atom is 0.220 e. The number of unbranched alkanes of at least 4 members (excludes halogenated alkanes) is 35. The van der Waals surface area contributed by atoms with E-state index in [0.717, 1.165) is 57.8 Å². The molecule has 0 aliphatic heterocycles. The number of hydrogen-bond acceptors (Lipinski definition) is 3. The van der Waals surface area contributed by atoms with Gasteiger partial charge in [-0.15, -0.1) is 0 Å². The Morgan fingerprint density at radius 2 is 0.692 bits per heavy atom. The molecule has 0 spiro atoms. The number of carbonyl (C=O) groups is 1. The lowest BCUT2D eigenvalue weighted by Crippen LogP contribution is -2.45. The third kappa shape index (κ3) is 52.7. The highest BCUT2D eigenvalue weighted by molar-refractivity contribution is 5.76. The van der Waals surface area contributed by atoms with Crippen molar-refractivity contribution in [1.82, 2.24) is 5.32 Å². The highest BCUT2D eigenvalue weighted by atomic mass is 16.3. The lowest BCUT2D eigenvalue weighted by Gasteiger charge is -2.19. The molecule has 0 fully saturated rings. The first-order valence-electron chi connectivity index (χ1n) is 28.7. The molecule has 378 valence electrons. The summed E-state index contributed by atoms with van der Waals surface area (Å²) in [5.41, 5.74) is 0. The van der Waals surface area contributed by atoms with Crippen LogP contribution in [0.4, 0.5) is 0 Å². The van der Waals surface area contributed by atoms with E-state index in [1.165, 1.54) is 212 Å². The topological polar surface area (TPSA) is 69.6 Å². The molecule has 0 radical (unpaired) electrons. The highest BCUT2D eigenvalue weighted by Crippen LogP contribution is 2.17.